The van der Waals surface area contributed by atoms with Gasteiger partial charge in [-0.2, -0.15) is 18.3 Å². The van der Waals surface area contributed by atoms with Gasteiger partial charge in [-0.25, -0.2) is 10.4 Å². The first-order chi connectivity index (χ1) is 9.47. The van der Waals surface area contributed by atoms with E-state index in [0.29, 0.717) is 16.6 Å². The lowest BCUT2D eigenvalue weighted by Crippen LogP contribution is -2.24. The number of carbonyl (C=O) groups is 1. The summed E-state index contributed by atoms with van der Waals surface area (Å²) in [4.78, 5) is 18.3. The summed E-state index contributed by atoms with van der Waals surface area (Å²) in [6, 6.07) is 3.36. The van der Waals surface area contributed by atoms with E-state index in [9.17, 15) is 18.0 Å². The summed E-state index contributed by atoms with van der Waals surface area (Å²) in [6.07, 6.45) is -0.491. The van der Waals surface area contributed by atoms with Crippen LogP contribution in [0, 0.1) is 0 Å². The third kappa shape index (κ3) is 1.94. The standard InChI is InChI=1S/C12H7F3N4O/c13-12(14,15)9-8(11(20)19-18-9)4-6-5-17-10-7(6)2-1-3-16-10/h1-5H,(H,16,17)(H,19,20)/b8-4-. The minimum atomic E-state index is -4.69. The fourth-order valence-corrected chi connectivity index (χ4v) is 1.94. The van der Waals surface area contributed by atoms with Gasteiger partial charge in [-0.15, -0.1) is 0 Å². The second-order valence-corrected chi connectivity index (χ2v) is 4.10. The summed E-state index contributed by atoms with van der Waals surface area (Å²) in [5.41, 5.74) is 1.06. The number of halogens is 3. The van der Waals surface area contributed by atoms with Crippen molar-refractivity contribution in [3.63, 3.8) is 0 Å². The van der Waals surface area contributed by atoms with Gasteiger partial charge in [0, 0.05) is 23.3 Å². The number of pyridine rings is 1. The molecule has 1 aliphatic heterocycles. The van der Waals surface area contributed by atoms with Gasteiger partial charge in [-0.05, 0) is 18.2 Å². The topological polar surface area (TPSA) is 70.1 Å². The highest BCUT2D eigenvalue weighted by molar-refractivity contribution is 6.29. The highest BCUT2D eigenvalue weighted by atomic mass is 19.4. The number of nitrogens with zero attached hydrogens (tertiary/aromatic N) is 2. The molecule has 0 bridgehead atoms. The highest BCUT2D eigenvalue weighted by Gasteiger charge is 2.43. The molecule has 0 radical (unpaired) electrons. The van der Waals surface area contributed by atoms with Crippen LogP contribution in [-0.2, 0) is 4.79 Å². The first-order valence-corrected chi connectivity index (χ1v) is 5.56. The number of aromatic nitrogens is 2. The molecule has 0 unspecified atom stereocenters. The third-order valence-corrected chi connectivity index (χ3v) is 2.82. The van der Waals surface area contributed by atoms with Gasteiger partial charge in [0.25, 0.3) is 5.91 Å². The summed E-state index contributed by atoms with van der Waals surface area (Å²) in [6.45, 7) is 0. The minimum Gasteiger partial charge on any atom is -0.346 e. The van der Waals surface area contributed by atoms with Crippen molar-refractivity contribution in [1.82, 2.24) is 15.4 Å². The van der Waals surface area contributed by atoms with Crippen molar-refractivity contribution in [3.8, 4) is 0 Å². The Hall–Kier alpha value is -2.64. The van der Waals surface area contributed by atoms with Gasteiger partial charge in [0.15, 0.2) is 5.71 Å². The molecule has 0 aliphatic carbocycles. The Bertz CT molecular complexity index is 757. The van der Waals surface area contributed by atoms with Gasteiger partial charge >= 0.3 is 6.18 Å². The number of hydrazone groups is 1. The summed E-state index contributed by atoms with van der Waals surface area (Å²) in [5.74, 6) is -0.879. The average molecular weight is 280 g/mol. The minimum absolute atomic E-state index is 0.442. The number of amides is 1. The molecular formula is C12H7F3N4O. The number of aromatic amines is 1. The van der Waals surface area contributed by atoms with Crippen LogP contribution in [0.5, 0.6) is 0 Å². The number of hydrogen-bond donors (Lipinski definition) is 2. The molecule has 1 amide bonds. The van der Waals surface area contributed by atoms with Crippen LogP contribution in [0.25, 0.3) is 17.1 Å². The Labute approximate surface area is 110 Å². The zero-order valence-corrected chi connectivity index (χ0v) is 9.82. The molecule has 2 aromatic rings. The Morgan fingerprint density at radius 2 is 2.10 bits per heavy atom. The quantitative estimate of drug-likeness (QED) is 0.784. The number of alkyl halides is 3. The van der Waals surface area contributed by atoms with Gasteiger partial charge < -0.3 is 4.98 Å². The Morgan fingerprint density at radius 1 is 1.30 bits per heavy atom. The molecule has 0 saturated carbocycles. The molecule has 1 aliphatic rings. The second kappa shape index (κ2) is 4.19. The summed E-state index contributed by atoms with van der Waals surface area (Å²) < 4.78 is 38.2. The van der Waals surface area contributed by atoms with Crippen LogP contribution in [0.1, 0.15) is 5.56 Å². The Kier molecular flexibility index (Phi) is 2.60. The zero-order chi connectivity index (χ0) is 14.3. The maximum absolute atomic E-state index is 12.7. The molecule has 3 heterocycles. The van der Waals surface area contributed by atoms with Gasteiger partial charge in [0.1, 0.15) is 5.65 Å². The predicted molar refractivity (Wildman–Crippen MR) is 65.7 cm³/mol. The SMILES string of the molecule is O=C1NN=C(C(F)(F)F)/C1=C/c1c[nH]c2ncccc12. The van der Waals surface area contributed by atoms with Gasteiger partial charge in [-0.3, -0.25) is 4.79 Å². The molecule has 0 spiro atoms. The van der Waals surface area contributed by atoms with E-state index in [4.69, 9.17) is 0 Å². The molecule has 0 atom stereocenters. The van der Waals surface area contributed by atoms with Gasteiger partial charge in [0.2, 0.25) is 0 Å². The number of H-pyrrole nitrogens is 1. The molecule has 0 fully saturated rings. The van der Waals surface area contributed by atoms with Crippen molar-refractivity contribution in [2.45, 2.75) is 6.18 Å². The van der Waals surface area contributed by atoms with E-state index in [-0.39, 0.29) is 0 Å². The molecule has 20 heavy (non-hydrogen) atoms. The molecule has 5 nitrogen and oxygen atoms in total. The Balaban J connectivity index is 2.11. The van der Waals surface area contributed by atoms with Crippen molar-refractivity contribution in [3.05, 3.63) is 35.7 Å². The molecule has 3 rings (SSSR count). The number of hydrogen-bond acceptors (Lipinski definition) is 3. The smallest absolute Gasteiger partial charge is 0.346 e. The first kappa shape index (κ1) is 12.4. The molecule has 102 valence electrons. The van der Waals surface area contributed by atoms with Crippen LogP contribution < -0.4 is 5.43 Å². The summed E-state index contributed by atoms with van der Waals surface area (Å²) in [7, 11) is 0. The predicted octanol–water partition coefficient (Wildman–Crippen LogP) is 1.99. The van der Waals surface area contributed by atoms with Gasteiger partial charge in [0.05, 0.1) is 5.57 Å². The van der Waals surface area contributed by atoms with E-state index < -0.39 is 23.4 Å². The van der Waals surface area contributed by atoms with E-state index in [2.05, 4.69) is 15.1 Å². The normalized spacial score (nSPS) is 17.6. The van der Waals surface area contributed by atoms with Crippen molar-refractivity contribution in [1.29, 1.82) is 0 Å². The molecule has 0 saturated heterocycles. The van der Waals surface area contributed by atoms with E-state index in [0.717, 1.165) is 6.08 Å². The maximum Gasteiger partial charge on any atom is 0.435 e. The fourth-order valence-electron chi connectivity index (χ4n) is 1.94. The monoisotopic (exact) mass is 280 g/mol. The maximum atomic E-state index is 12.7. The Morgan fingerprint density at radius 3 is 2.85 bits per heavy atom. The highest BCUT2D eigenvalue weighted by Crippen LogP contribution is 2.27. The number of rotatable bonds is 1. The summed E-state index contributed by atoms with van der Waals surface area (Å²) >= 11 is 0. The lowest BCUT2D eigenvalue weighted by Gasteiger charge is -2.05. The van der Waals surface area contributed by atoms with Crippen LogP contribution in [0.2, 0.25) is 0 Å². The van der Waals surface area contributed by atoms with Crippen LogP contribution in [0.4, 0.5) is 13.2 Å². The average Bonchev–Trinajstić information content (AvgIpc) is 2.95. The van der Waals surface area contributed by atoms with Crippen molar-refractivity contribution in [2.24, 2.45) is 5.10 Å². The largest absolute Gasteiger partial charge is 0.435 e. The molecule has 8 heteroatoms. The first-order valence-electron chi connectivity index (χ1n) is 5.56. The van der Waals surface area contributed by atoms with Crippen LogP contribution >= 0.6 is 0 Å². The number of fused-ring (bicyclic) bond motifs is 1. The van der Waals surface area contributed by atoms with Gasteiger partial charge in [-0.1, -0.05) is 0 Å². The van der Waals surface area contributed by atoms with E-state index in [1.54, 1.807) is 18.3 Å². The lowest BCUT2D eigenvalue weighted by molar-refractivity contribution is -0.116. The van der Waals surface area contributed by atoms with Crippen LogP contribution in [0.15, 0.2) is 35.2 Å². The second-order valence-electron chi connectivity index (χ2n) is 4.10. The van der Waals surface area contributed by atoms with E-state index >= 15 is 0 Å². The fraction of sp³-hybridized carbons (Fsp3) is 0.0833. The van der Waals surface area contributed by atoms with Crippen molar-refractivity contribution in [2.75, 3.05) is 0 Å². The lowest BCUT2D eigenvalue weighted by atomic mass is 10.1. The van der Waals surface area contributed by atoms with Crippen molar-refractivity contribution < 1.29 is 18.0 Å². The molecule has 2 aromatic heterocycles. The number of carbonyl (C=O) groups excluding carboxylic acids is 1. The van der Waals surface area contributed by atoms with E-state index in [1.165, 1.54) is 6.20 Å². The van der Waals surface area contributed by atoms with Crippen LogP contribution in [-0.4, -0.2) is 27.8 Å². The molecular weight excluding hydrogens is 273 g/mol. The number of nitrogens with one attached hydrogen (secondary N) is 2. The summed E-state index contributed by atoms with van der Waals surface area (Å²) in [5, 5.41) is 3.65. The van der Waals surface area contributed by atoms with Crippen molar-refractivity contribution >= 4 is 28.7 Å². The van der Waals surface area contributed by atoms with E-state index in [1.807, 2.05) is 5.43 Å². The molecule has 0 aromatic carbocycles. The third-order valence-electron chi connectivity index (χ3n) is 2.82. The van der Waals surface area contributed by atoms with Crippen LogP contribution in [0.3, 0.4) is 0 Å². The molecule has 2 N–H and O–H groups in total. The zero-order valence-electron chi connectivity index (χ0n) is 9.82.